The van der Waals surface area contributed by atoms with Crippen LogP contribution in [0.4, 0.5) is 0 Å². The summed E-state index contributed by atoms with van der Waals surface area (Å²) in [5.41, 5.74) is -0.624. The molecule has 0 aromatic carbocycles. The molecule has 0 aromatic heterocycles. The molecule has 0 bridgehead atoms. The number of hydrogen-bond acceptors (Lipinski definition) is 3. The summed E-state index contributed by atoms with van der Waals surface area (Å²) in [6.45, 7) is 3.63. The molecule has 3 nitrogen and oxygen atoms in total. The van der Waals surface area contributed by atoms with Crippen LogP contribution < -0.4 is 0 Å². The Balaban J connectivity index is 2.57. The third kappa shape index (κ3) is 2.35. The highest BCUT2D eigenvalue weighted by atomic mass is 16.5. The molecule has 0 saturated heterocycles. The fourth-order valence-corrected chi connectivity index (χ4v) is 1.94. The Hall–Kier alpha value is -0.830. The number of aliphatic hydroxyl groups excluding tert-OH is 1. The number of rotatable bonds is 4. The molecule has 1 fully saturated rings. The third-order valence-corrected chi connectivity index (χ3v) is 2.88. The lowest BCUT2D eigenvalue weighted by Crippen LogP contribution is -2.38. The third-order valence-electron chi connectivity index (χ3n) is 2.88. The molecule has 1 saturated carbocycles. The molecule has 0 aromatic rings. The van der Waals surface area contributed by atoms with Gasteiger partial charge in [0.1, 0.15) is 6.61 Å². The van der Waals surface area contributed by atoms with E-state index in [-0.39, 0.29) is 19.2 Å². The highest BCUT2D eigenvalue weighted by molar-refractivity contribution is 5.77. The zero-order valence-corrected chi connectivity index (χ0v) is 8.50. The van der Waals surface area contributed by atoms with Crippen LogP contribution in [0.3, 0.4) is 0 Å². The van der Waals surface area contributed by atoms with Crippen LogP contribution >= 0.6 is 0 Å². The Morgan fingerprint density at radius 3 is 2.57 bits per heavy atom. The molecular formula is C11H18O3. The van der Waals surface area contributed by atoms with E-state index in [4.69, 9.17) is 4.74 Å². The van der Waals surface area contributed by atoms with E-state index in [1.165, 1.54) is 0 Å². The lowest BCUT2D eigenvalue weighted by Gasteiger charge is -2.32. The van der Waals surface area contributed by atoms with E-state index < -0.39 is 5.41 Å². The van der Waals surface area contributed by atoms with Gasteiger partial charge in [-0.15, -0.1) is 0 Å². The van der Waals surface area contributed by atoms with Crippen molar-refractivity contribution in [2.24, 2.45) is 5.41 Å². The summed E-state index contributed by atoms with van der Waals surface area (Å²) in [5, 5.41) is 9.28. The highest BCUT2D eigenvalue weighted by Crippen LogP contribution is 2.36. The number of carbonyl (C=O) groups excluding carboxylic acids is 1. The van der Waals surface area contributed by atoms with Gasteiger partial charge in [0.15, 0.2) is 0 Å². The smallest absolute Gasteiger partial charge is 0.314 e. The second kappa shape index (κ2) is 5.15. The van der Waals surface area contributed by atoms with Gasteiger partial charge in [0.05, 0.1) is 12.0 Å². The molecule has 14 heavy (non-hydrogen) atoms. The van der Waals surface area contributed by atoms with Crippen LogP contribution in [-0.4, -0.2) is 24.3 Å². The van der Waals surface area contributed by atoms with Crippen molar-refractivity contribution < 1.29 is 14.6 Å². The first-order chi connectivity index (χ1) is 6.75. The van der Waals surface area contributed by atoms with Crippen molar-refractivity contribution in [3.05, 3.63) is 12.7 Å². The molecule has 0 spiro atoms. The molecule has 0 unspecified atom stereocenters. The summed E-state index contributed by atoms with van der Waals surface area (Å²) in [5.74, 6) is -0.264. The summed E-state index contributed by atoms with van der Waals surface area (Å²) in [6, 6.07) is 0. The lowest BCUT2D eigenvalue weighted by atomic mass is 9.75. The van der Waals surface area contributed by atoms with Crippen LogP contribution in [0.5, 0.6) is 0 Å². The van der Waals surface area contributed by atoms with Crippen molar-refractivity contribution in [3.63, 3.8) is 0 Å². The minimum atomic E-state index is -0.624. The van der Waals surface area contributed by atoms with Gasteiger partial charge in [0, 0.05) is 0 Å². The SMILES string of the molecule is C=CCOC(=O)C1(CO)CCCCC1. The maximum absolute atomic E-state index is 11.7. The van der Waals surface area contributed by atoms with Crippen molar-refractivity contribution in [2.45, 2.75) is 32.1 Å². The maximum atomic E-state index is 11.7. The fraction of sp³-hybridized carbons (Fsp3) is 0.727. The molecule has 1 rings (SSSR count). The summed E-state index contributed by atoms with van der Waals surface area (Å²) < 4.78 is 5.01. The second-order valence-corrected chi connectivity index (χ2v) is 3.89. The monoisotopic (exact) mass is 198 g/mol. The highest BCUT2D eigenvalue weighted by Gasteiger charge is 2.40. The van der Waals surface area contributed by atoms with E-state index in [2.05, 4.69) is 6.58 Å². The normalized spacial score (nSPS) is 20.1. The van der Waals surface area contributed by atoms with Crippen LogP contribution in [0.1, 0.15) is 32.1 Å². The summed E-state index contributed by atoms with van der Waals surface area (Å²) in [7, 11) is 0. The number of esters is 1. The Morgan fingerprint density at radius 2 is 2.07 bits per heavy atom. The van der Waals surface area contributed by atoms with Crippen molar-refractivity contribution in [1.29, 1.82) is 0 Å². The molecule has 0 aliphatic heterocycles. The van der Waals surface area contributed by atoms with Crippen LogP contribution in [0, 0.1) is 5.41 Å². The first-order valence-corrected chi connectivity index (χ1v) is 5.14. The van der Waals surface area contributed by atoms with E-state index in [1.807, 2.05) is 0 Å². The van der Waals surface area contributed by atoms with Gasteiger partial charge in [0.25, 0.3) is 0 Å². The van der Waals surface area contributed by atoms with Crippen LogP contribution in [0.2, 0.25) is 0 Å². The van der Waals surface area contributed by atoms with Gasteiger partial charge in [0.2, 0.25) is 0 Å². The standard InChI is InChI=1S/C11H18O3/c1-2-8-14-10(13)11(9-12)6-4-3-5-7-11/h2,12H,1,3-9H2. The topological polar surface area (TPSA) is 46.5 Å². The average Bonchev–Trinajstić information content (AvgIpc) is 2.26. The van der Waals surface area contributed by atoms with E-state index in [9.17, 15) is 9.90 Å². The van der Waals surface area contributed by atoms with Gasteiger partial charge in [-0.2, -0.15) is 0 Å². The Kier molecular flexibility index (Phi) is 4.14. The van der Waals surface area contributed by atoms with Crippen LogP contribution in [0.15, 0.2) is 12.7 Å². The van der Waals surface area contributed by atoms with E-state index in [1.54, 1.807) is 6.08 Å². The molecule has 0 amide bonds. The van der Waals surface area contributed by atoms with Crippen LogP contribution in [0.25, 0.3) is 0 Å². The van der Waals surface area contributed by atoms with Gasteiger partial charge in [-0.25, -0.2) is 0 Å². The van der Waals surface area contributed by atoms with E-state index in [0.717, 1.165) is 32.1 Å². The Bertz CT molecular complexity index is 205. The molecule has 1 aliphatic carbocycles. The van der Waals surface area contributed by atoms with Gasteiger partial charge < -0.3 is 9.84 Å². The first kappa shape index (κ1) is 11.2. The molecule has 0 radical (unpaired) electrons. The zero-order chi connectivity index (χ0) is 10.4. The molecule has 0 heterocycles. The minimum Gasteiger partial charge on any atom is -0.461 e. The summed E-state index contributed by atoms with van der Waals surface area (Å²) >= 11 is 0. The first-order valence-electron chi connectivity index (χ1n) is 5.14. The lowest BCUT2D eigenvalue weighted by molar-refractivity contribution is -0.159. The molecule has 1 aliphatic rings. The van der Waals surface area contributed by atoms with Crippen molar-refractivity contribution in [1.82, 2.24) is 0 Å². The number of carbonyl (C=O) groups is 1. The number of hydrogen-bond donors (Lipinski definition) is 1. The summed E-state index contributed by atoms with van der Waals surface area (Å²) in [4.78, 5) is 11.7. The largest absolute Gasteiger partial charge is 0.461 e. The zero-order valence-electron chi connectivity index (χ0n) is 8.50. The van der Waals surface area contributed by atoms with Crippen molar-refractivity contribution in [2.75, 3.05) is 13.2 Å². The second-order valence-electron chi connectivity index (χ2n) is 3.89. The van der Waals surface area contributed by atoms with Crippen LogP contribution in [-0.2, 0) is 9.53 Å². The molecule has 80 valence electrons. The van der Waals surface area contributed by atoms with E-state index >= 15 is 0 Å². The fourth-order valence-electron chi connectivity index (χ4n) is 1.94. The molecule has 1 N–H and O–H groups in total. The van der Waals surface area contributed by atoms with E-state index in [0.29, 0.717) is 0 Å². The predicted molar refractivity (Wildman–Crippen MR) is 53.8 cm³/mol. The minimum absolute atomic E-state index is 0.0943. The van der Waals surface area contributed by atoms with Gasteiger partial charge in [-0.05, 0) is 12.8 Å². The number of aliphatic hydroxyl groups is 1. The Morgan fingerprint density at radius 1 is 1.43 bits per heavy atom. The number of ether oxygens (including phenoxy) is 1. The quantitative estimate of drug-likeness (QED) is 0.552. The summed E-state index contributed by atoms with van der Waals surface area (Å²) in [6.07, 6.45) is 6.20. The van der Waals surface area contributed by atoms with Gasteiger partial charge in [-0.3, -0.25) is 4.79 Å². The van der Waals surface area contributed by atoms with Gasteiger partial charge >= 0.3 is 5.97 Å². The van der Waals surface area contributed by atoms with Crippen molar-refractivity contribution in [3.8, 4) is 0 Å². The Labute approximate surface area is 84.8 Å². The van der Waals surface area contributed by atoms with Crippen molar-refractivity contribution >= 4 is 5.97 Å². The van der Waals surface area contributed by atoms with Gasteiger partial charge in [-0.1, -0.05) is 31.9 Å². The average molecular weight is 198 g/mol. The maximum Gasteiger partial charge on any atom is 0.314 e. The predicted octanol–water partition coefficient (Wildman–Crippen LogP) is 1.66. The molecule has 3 heteroatoms. The molecule has 0 atom stereocenters. The molecular weight excluding hydrogens is 180 g/mol.